The molecule has 0 saturated heterocycles. The van der Waals surface area contributed by atoms with Crippen molar-refractivity contribution in [3.05, 3.63) is 107 Å². The molecule has 5 rings (SSSR count). The molecule has 3 aromatic rings. The van der Waals surface area contributed by atoms with Crippen molar-refractivity contribution in [2.45, 2.75) is 51.1 Å². The molecular weight excluding hydrogens is 446 g/mol. The van der Waals surface area contributed by atoms with Crippen LogP contribution in [0, 0.1) is 0 Å². The lowest BCUT2D eigenvalue weighted by Crippen LogP contribution is -2.46. The van der Waals surface area contributed by atoms with Crippen molar-refractivity contribution in [2.75, 3.05) is 0 Å². The largest absolute Gasteiger partial charge is 0.351 e. The van der Waals surface area contributed by atoms with Gasteiger partial charge in [-0.3, -0.25) is 14.5 Å². The molecular formula is C31H31N3O2. The van der Waals surface area contributed by atoms with E-state index in [2.05, 4.69) is 5.32 Å². The molecule has 1 aliphatic heterocycles. The normalized spacial score (nSPS) is 19.2. The van der Waals surface area contributed by atoms with E-state index in [9.17, 15) is 9.59 Å². The van der Waals surface area contributed by atoms with Gasteiger partial charge in [0.2, 0.25) is 11.8 Å². The van der Waals surface area contributed by atoms with E-state index in [0.717, 1.165) is 42.4 Å². The van der Waals surface area contributed by atoms with Gasteiger partial charge in [-0.05, 0) is 30.5 Å². The number of benzene rings is 3. The first-order valence-corrected chi connectivity index (χ1v) is 12.7. The van der Waals surface area contributed by atoms with E-state index >= 15 is 0 Å². The van der Waals surface area contributed by atoms with Crippen LogP contribution < -0.4 is 5.32 Å². The van der Waals surface area contributed by atoms with Gasteiger partial charge in [0, 0.05) is 24.1 Å². The monoisotopic (exact) mass is 477 g/mol. The summed E-state index contributed by atoms with van der Waals surface area (Å²) in [4.78, 5) is 34.1. The number of rotatable bonds is 4. The average molecular weight is 478 g/mol. The zero-order valence-corrected chi connectivity index (χ0v) is 20.6. The van der Waals surface area contributed by atoms with Crippen molar-refractivity contribution < 1.29 is 9.59 Å². The van der Waals surface area contributed by atoms with Crippen LogP contribution >= 0.6 is 0 Å². The summed E-state index contributed by atoms with van der Waals surface area (Å²) in [7, 11) is 0. The van der Waals surface area contributed by atoms with Gasteiger partial charge in [-0.1, -0.05) is 98.1 Å². The number of allylic oxidation sites excluding steroid dienone is 1. The zero-order chi connectivity index (χ0) is 24.9. The van der Waals surface area contributed by atoms with E-state index < -0.39 is 6.04 Å². The molecule has 1 saturated carbocycles. The predicted molar refractivity (Wildman–Crippen MR) is 144 cm³/mol. The molecule has 182 valence electrons. The van der Waals surface area contributed by atoms with Gasteiger partial charge in [0.1, 0.15) is 6.04 Å². The second-order valence-corrected chi connectivity index (χ2v) is 9.46. The molecule has 2 amide bonds. The van der Waals surface area contributed by atoms with E-state index in [1.165, 1.54) is 13.3 Å². The number of aliphatic imine (C=N–C) groups is 1. The number of para-hydroxylation sites is 1. The van der Waals surface area contributed by atoms with Crippen molar-refractivity contribution in [3.8, 4) is 0 Å². The fourth-order valence-electron chi connectivity index (χ4n) is 5.18. The summed E-state index contributed by atoms with van der Waals surface area (Å²) in [6.07, 6.45) is 7.33. The Hall–Kier alpha value is -3.99. The number of hydrogen-bond acceptors (Lipinski definition) is 3. The molecule has 0 aromatic heterocycles. The highest BCUT2D eigenvalue weighted by molar-refractivity contribution is 6.18. The van der Waals surface area contributed by atoms with E-state index in [0.29, 0.717) is 17.1 Å². The minimum Gasteiger partial charge on any atom is -0.351 e. The molecule has 36 heavy (non-hydrogen) atoms. The van der Waals surface area contributed by atoms with E-state index in [1.807, 2.05) is 91.0 Å². The molecule has 1 atom stereocenters. The van der Waals surface area contributed by atoms with Gasteiger partial charge >= 0.3 is 0 Å². The number of fused-ring (bicyclic) bond motifs is 1. The summed E-state index contributed by atoms with van der Waals surface area (Å²) >= 11 is 0. The molecule has 1 N–H and O–H groups in total. The molecule has 0 spiro atoms. The summed E-state index contributed by atoms with van der Waals surface area (Å²) in [5, 5.41) is 3.27. The Morgan fingerprint density at radius 3 is 2.19 bits per heavy atom. The van der Waals surface area contributed by atoms with Crippen LogP contribution in [-0.2, 0) is 9.59 Å². The van der Waals surface area contributed by atoms with Gasteiger partial charge in [0.15, 0.2) is 0 Å². The lowest BCUT2D eigenvalue weighted by molar-refractivity contribution is -0.137. The summed E-state index contributed by atoms with van der Waals surface area (Å²) in [5.74, 6) is -0.366. The van der Waals surface area contributed by atoms with Gasteiger partial charge in [-0.25, -0.2) is 4.99 Å². The first-order valence-electron chi connectivity index (χ1n) is 12.7. The van der Waals surface area contributed by atoms with Crippen LogP contribution in [0.3, 0.4) is 0 Å². The van der Waals surface area contributed by atoms with Crippen molar-refractivity contribution in [2.24, 2.45) is 4.99 Å². The molecule has 0 radical (unpaired) electrons. The van der Waals surface area contributed by atoms with Gasteiger partial charge in [-0.15, -0.1) is 0 Å². The summed E-state index contributed by atoms with van der Waals surface area (Å²) in [6.45, 7) is 1.52. The molecule has 5 nitrogen and oxygen atoms in total. The standard InChI is InChI=1S/C31H31N3O2/c1-22(35)34-28(21-23-13-5-2-6-14-23)29(24-15-7-3-8-16-24)33-27-20-12-11-19-26(27)30(34)31(36)32-25-17-9-4-10-18-25/h2-3,5-8,11-16,19-21,25,30H,4,9-10,17-18H2,1H3,(H,32,36)/b28-21-. The number of nitrogens with zero attached hydrogens (tertiary/aromatic N) is 2. The Labute approximate surface area is 212 Å². The number of carbonyl (C=O) groups is 2. The van der Waals surface area contributed by atoms with Crippen molar-refractivity contribution in [1.29, 1.82) is 0 Å². The van der Waals surface area contributed by atoms with Crippen LogP contribution in [0.1, 0.15) is 61.8 Å². The Morgan fingerprint density at radius 2 is 1.50 bits per heavy atom. The summed E-state index contributed by atoms with van der Waals surface area (Å²) in [5.41, 5.74) is 4.51. The third kappa shape index (κ3) is 5.01. The molecule has 1 heterocycles. The van der Waals surface area contributed by atoms with E-state index in [-0.39, 0.29) is 17.9 Å². The maximum Gasteiger partial charge on any atom is 0.248 e. The van der Waals surface area contributed by atoms with Crippen LogP contribution in [0.25, 0.3) is 6.08 Å². The average Bonchev–Trinajstić information content (AvgIpc) is 3.05. The van der Waals surface area contributed by atoms with Crippen molar-refractivity contribution >= 4 is 29.3 Å². The predicted octanol–water partition coefficient (Wildman–Crippen LogP) is 6.20. The molecule has 1 fully saturated rings. The molecule has 3 aromatic carbocycles. The van der Waals surface area contributed by atoms with Crippen LogP contribution in [0.2, 0.25) is 0 Å². The van der Waals surface area contributed by atoms with Crippen LogP contribution in [-0.4, -0.2) is 28.5 Å². The SMILES string of the molecule is CC(=O)N1/C(=C\c2ccccc2)C(c2ccccc2)=Nc2ccccc2C1C(=O)NC1CCCCC1. The number of amides is 2. The van der Waals surface area contributed by atoms with Gasteiger partial charge in [0.25, 0.3) is 0 Å². The topological polar surface area (TPSA) is 61.8 Å². The van der Waals surface area contributed by atoms with E-state index in [1.54, 1.807) is 4.90 Å². The van der Waals surface area contributed by atoms with Crippen molar-refractivity contribution in [1.82, 2.24) is 10.2 Å². The number of hydrogen-bond donors (Lipinski definition) is 1. The lowest BCUT2D eigenvalue weighted by Gasteiger charge is -2.33. The first kappa shape index (κ1) is 23.7. The second-order valence-electron chi connectivity index (χ2n) is 9.46. The smallest absolute Gasteiger partial charge is 0.248 e. The first-order chi connectivity index (χ1) is 17.6. The minimum atomic E-state index is -0.819. The fraction of sp³-hybridized carbons (Fsp3) is 0.258. The zero-order valence-electron chi connectivity index (χ0n) is 20.6. The quantitative estimate of drug-likeness (QED) is 0.486. The maximum atomic E-state index is 14.0. The number of carbonyl (C=O) groups excluding carboxylic acids is 2. The Bertz CT molecular complexity index is 1290. The summed E-state index contributed by atoms with van der Waals surface area (Å²) < 4.78 is 0. The third-order valence-electron chi connectivity index (χ3n) is 6.91. The fourth-order valence-corrected chi connectivity index (χ4v) is 5.18. The van der Waals surface area contributed by atoms with Gasteiger partial charge in [0.05, 0.1) is 17.1 Å². The van der Waals surface area contributed by atoms with Crippen LogP contribution in [0.5, 0.6) is 0 Å². The van der Waals surface area contributed by atoms with Gasteiger partial charge in [-0.2, -0.15) is 0 Å². The molecule has 1 unspecified atom stereocenters. The highest BCUT2D eigenvalue weighted by atomic mass is 16.2. The Balaban J connectivity index is 1.70. The molecule has 0 bridgehead atoms. The van der Waals surface area contributed by atoms with Crippen LogP contribution in [0.4, 0.5) is 5.69 Å². The van der Waals surface area contributed by atoms with Crippen molar-refractivity contribution in [3.63, 3.8) is 0 Å². The lowest BCUT2D eigenvalue weighted by atomic mass is 9.94. The Kier molecular flexibility index (Phi) is 7.08. The highest BCUT2D eigenvalue weighted by Crippen LogP contribution is 2.38. The molecule has 5 heteroatoms. The highest BCUT2D eigenvalue weighted by Gasteiger charge is 2.38. The second kappa shape index (κ2) is 10.7. The number of nitrogens with one attached hydrogen (secondary N) is 1. The molecule has 2 aliphatic rings. The molecule has 1 aliphatic carbocycles. The summed E-state index contributed by atoms with van der Waals surface area (Å²) in [6, 6.07) is 26.7. The maximum absolute atomic E-state index is 14.0. The van der Waals surface area contributed by atoms with Crippen LogP contribution in [0.15, 0.2) is 95.6 Å². The third-order valence-corrected chi connectivity index (χ3v) is 6.91. The van der Waals surface area contributed by atoms with E-state index in [4.69, 9.17) is 4.99 Å². The minimum absolute atomic E-state index is 0.131. The van der Waals surface area contributed by atoms with Gasteiger partial charge < -0.3 is 5.32 Å². The Morgan fingerprint density at radius 1 is 0.861 bits per heavy atom.